The van der Waals surface area contributed by atoms with Gasteiger partial charge in [0.25, 0.3) is 0 Å². The van der Waals surface area contributed by atoms with Crippen molar-refractivity contribution in [3.05, 3.63) is 59.7 Å². The van der Waals surface area contributed by atoms with Gasteiger partial charge in [-0.15, -0.1) is 0 Å². The van der Waals surface area contributed by atoms with Crippen LogP contribution in [-0.2, 0) is 19.1 Å². The lowest BCUT2D eigenvalue weighted by Crippen LogP contribution is -2.43. The van der Waals surface area contributed by atoms with Gasteiger partial charge >= 0.3 is 12.1 Å². The molecule has 2 aromatic rings. The van der Waals surface area contributed by atoms with E-state index in [0.29, 0.717) is 6.42 Å². The third-order valence-electron chi connectivity index (χ3n) is 6.81. The third-order valence-corrected chi connectivity index (χ3v) is 6.81. The monoisotopic (exact) mass is 480 g/mol. The number of carboxylic acid groups (broad SMARTS) is 1. The van der Waals surface area contributed by atoms with Gasteiger partial charge < -0.3 is 25.2 Å². The molecule has 0 aromatic heterocycles. The van der Waals surface area contributed by atoms with Crippen LogP contribution in [0.5, 0.6) is 0 Å². The average Bonchev–Trinajstić information content (AvgIpc) is 3.44. The molecule has 2 aliphatic rings. The maximum Gasteiger partial charge on any atom is 0.407 e. The smallest absolute Gasteiger partial charge is 0.407 e. The predicted molar refractivity (Wildman–Crippen MR) is 130 cm³/mol. The van der Waals surface area contributed by atoms with Crippen molar-refractivity contribution in [2.75, 3.05) is 19.8 Å². The molecule has 0 saturated carbocycles. The van der Waals surface area contributed by atoms with Crippen molar-refractivity contribution in [1.29, 1.82) is 0 Å². The highest BCUT2D eigenvalue weighted by molar-refractivity contribution is 5.79. The number of carbonyl (C=O) groups excluding carboxylic acids is 2. The van der Waals surface area contributed by atoms with Crippen LogP contribution in [0, 0.1) is 11.8 Å². The second-order valence-corrected chi connectivity index (χ2v) is 9.55. The molecule has 2 amide bonds. The number of carboxylic acids is 1. The molecule has 186 valence electrons. The van der Waals surface area contributed by atoms with E-state index in [1.807, 2.05) is 38.1 Å². The van der Waals surface area contributed by atoms with Crippen LogP contribution in [0.3, 0.4) is 0 Å². The fourth-order valence-corrected chi connectivity index (χ4v) is 4.76. The van der Waals surface area contributed by atoms with E-state index in [4.69, 9.17) is 14.6 Å². The molecule has 0 spiro atoms. The van der Waals surface area contributed by atoms with Crippen molar-refractivity contribution in [2.24, 2.45) is 11.8 Å². The second-order valence-electron chi connectivity index (χ2n) is 9.55. The Bertz CT molecular complexity index is 1040. The topological polar surface area (TPSA) is 114 Å². The van der Waals surface area contributed by atoms with Crippen molar-refractivity contribution in [3.63, 3.8) is 0 Å². The predicted octanol–water partition coefficient (Wildman–Crippen LogP) is 3.55. The number of alkyl carbamates (subject to hydrolysis) is 1. The van der Waals surface area contributed by atoms with E-state index < -0.39 is 24.0 Å². The first-order valence-electron chi connectivity index (χ1n) is 12.1. The number of aliphatic carboxylic acids is 1. The molecule has 0 radical (unpaired) electrons. The maximum atomic E-state index is 12.6. The lowest BCUT2D eigenvalue weighted by atomic mass is 9.98. The molecule has 8 heteroatoms. The van der Waals surface area contributed by atoms with Gasteiger partial charge in [0.2, 0.25) is 5.91 Å². The zero-order valence-corrected chi connectivity index (χ0v) is 20.0. The quantitative estimate of drug-likeness (QED) is 0.506. The molecule has 1 aliphatic heterocycles. The molecular weight excluding hydrogens is 448 g/mol. The number of rotatable bonds is 9. The zero-order chi connectivity index (χ0) is 24.9. The minimum atomic E-state index is -0.883. The van der Waals surface area contributed by atoms with Crippen molar-refractivity contribution >= 4 is 18.0 Å². The number of hydrogen-bond donors (Lipinski definition) is 3. The fourth-order valence-electron chi connectivity index (χ4n) is 4.76. The fraction of sp³-hybridized carbons (Fsp3) is 0.444. The Morgan fingerprint density at radius 3 is 2.26 bits per heavy atom. The van der Waals surface area contributed by atoms with Crippen molar-refractivity contribution in [3.8, 4) is 11.1 Å². The van der Waals surface area contributed by atoms with Crippen LogP contribution < -0.4 is 10.6 Å². The molecule has 1 saturated heterocycles. The standard InChI is InChI=1S/C27H32N2O6/c1-16(2)24(12-25(30)28-13-18-11-17(14-34-18)26(31)32)29-27(33)35-15-23-21-9-5-3-7-19(21)20-8-4-6-10-22(20)23/h3-10,16-18,23-24H,11-15H2,1-2H3,(H,28,30)(H,29,33)(H,31,32)/t17-,18-,24?/m0/s1. The summed E-state index contributed by atoms with van der Waals surface area (Å²) < 4.78 is 11.1. The Kier molecular flexibility index (Phi) is 7.70. The highest BCUT2D eigenvalue weighted by Crippen LogP contribution is 2.44. The number of ether oxygens (including phenoxy) is 2. The van der Waals surface area contributed by atoms with Crippen LogP contribution in [-0.4, -0.2) is 55.0 Å². The van der Waals surface area contributed by atoms with Crippen LogP contribution >= 0.6 is 0 Å². The number of benzene rings is 2. The van der Waals surface area contributed by atoms with Gasteiger partial charge in [-0.05, 0) is 34.6 Å². The lowest BCUT2D eigenvalue weighted by Gasteiger charge is -2.23. The summed E-state index contributed by atoms with van der Waals surface area (Å²) in [5, 5.41) is 14.7. The molecule has 1 heterocycles. The average molecular weight is 481 g/mol. The first kappa shape index (κ1) is 24.7. The zero-order valence-electron chi connectivity index (χ0n) is 20.0. The number of hydrogen-bond acceptors (Lipinski definition) is 5. The van der Waals surface area contributed by atoms with Crippen molar-refractivity contribution < 1.29 is 29.0 Å². The summed E-state index contributed by atoms with van der Waals surface area (Å²) in [5.41, 5.74) is 4.60. The molecule has 1 fully saturated rings. The van der Waals surface area contributed by atoms with Crippen LogP contribution in [0.15, 0.2) is 48.5 Å². The van der Waals surface area contributed by atoms with E-state index in [9.17, 15) is 14.4 Å². The van der Waals surface area contributed by atoms with Crippen LogP contribution in [0.25, 0.3) is 11.1 Å². The van der Waals surface area contributed by atoms with E-state index >= 15 is 0 Å². The molecule has 1 unspecified atom stereocenters. The minimum absolute atomic E-state index is 0.0142. The van der Waals surface area contributed by atoms with E-state index in [2.05, 4.69) is 34.9 Å². The maximum absolute atomic E-state index is 12.6. The number of fused-ring (bicyclic) bond motifs is 3. The number of carbonyl (C=O) groups is 3. The van der Waals surface area contributed by atoms with E-state index in [-0.39, 0.29) is 50.0 Å². The third kappa shape index (κ3) is 5.82. The van der Waals surface area contributed by atoms with Gasteiger partial charge in [-0.2, -0.15) is 0 Å². The van der Waals surface area contributed by atoms with Crippen molar-refractivity contribution in [1.82, 2.24) is 10.6 Å². The Hall–Kier alpha value is -3.39. The largest absolute Gasteiger partial charge is 0.481 e. The van der Waals surface area contributed by atoms with Gasteiger partial charge in [-0.3, -0.25) is 9.59 Å². The number of amides is 2. The summed E-state index contributed by atoms with van der Waals surface area (Å²) in [6.45, 7) is 4.48. The highest BCUT2D eigenvalue weighted by Gasteiger charge is 2.32. The highest BCUT2D eigenvalue weighted by atomic mass is 16.5. The Morgan fingerprint density at radius 1 is 1.06 bits per heavy atom. The van der Waals surface area contributed by atoms with E-state index in [0.717, 1.165) is 22.3 Å². The van der Waals surface area contributed by atoms with Gasteiger partial charge in [-0.25, -0.2) is 4.79 Å². The van der Waals surface area contributed by atoms with Gasteiger partial charge in [0.05, 0.1) is 18.6 Å². The summed E-state index contributed by atoms with van der Waals surface area (Å²) in [6, 6.07) is 15.9. The van der Waals surface area contributed by atoms with Gasteiger partial charge in [0.15, 0.2) is 0 Å². The molecule has 8 nitrogen and oxygen atoms in total. The van der Waals surface area contributed by atoms with Gasteiger partial charge in [0.1, 0.15) is 6.61 Å². The summed E-state index contributed by atoms with van der Waals surface area (Å²) in [6.07, 6.45) is -0.396. The van der Waals surface area contributed by atoms with Gasteiger partial charge in [0, 0.05) is 24.9 Å². The Balaban J connectivity index is 1.28. The van der Waals surface area contributed by atoms with Crippen LogP contribution in [0.4, 0.5) is 4.79 Å². The molecule has 1 aliphatic carbocycles. The molecule has 3 N–H and O–H groups in total. The van der Waals surface area contributed by atoms with Crippen LogP contribution in [0.1, 0.15) is 43.7 Å². The van der Waals surface area contributed by atoms with E-state index in [1.165, 1.54) is 0 Å². The van der Waals surface area contributed by atoms with Gasteiger partial charge in [-0.1, -0.05) is 62.4 Å². The summed E-state index contributed by atoms with van der Waals surface area (Å²) in [7, 11) is 0. The molecule has 2 aromatic carbocycles. The number of nitrogens with one attached hydrogen (secondary N) is 2. The Morgan fingerprint density at radius 2 is 1.69 bits per heavy atom. The van der Waals surface area contributed by atoms with E-state index in [1.54, 1.807) is 0 Å². The normalized spacial score (nSPS) is 19.6. The summed E-state index contributed by atoms with van der Waals surface area (Å²) in [4.78, 5) is 36.2. The van der Waals surface area contributed by atoms with Crippen LogP contribution in [0.2, 0.25) is 0 Å². The summed E-state index contributed by atoms with van der Waals surface area (Å²) in [5.74, 6) is -1.66. The molecular formula is C27H32N2O6. The summed E-state index contributed by atoms with van der Waals surface area (Å²) >= 11 is 0. The SMILES string of the molecule is CC(C)C(CC(=O)NC[C@@H]1C[C@H](C(=O)O)CO1)NC(=O)OCC1c2ccccc2-c2ccccc21. The minimum Gasteiger partial charge on any atom is -0.481 e. The first-order chi connectivity index (χ1) is 16.8. The molecule has 35 heavy (non-hydrogen) atoms. The Labute approximate surface area is 205 Å². The second kappa shape index (κ2) is 10.9. The molecule has 3 atom stereocenters. The van der Waals surface area contributed by atoms with Crippen molar-refractivity contribution in [2.45, 2.75) is 44.8 Å². The first-order valence-corrected chi connectivity index (χ1v) is 12.1. The lowest BCUT2D eigenvalue weighted by molar-refractivity contribution is -0.141. The molecule has 0 bridgehead atoms. The molecule has 4 rings (SSSR count).